The molecule has 0 saturated heterocycles. The minimum absolute atomic E-state index is 0.0586. The van der Waals surface area contributed by atoms with E-state index in [0.29, 0.717) is 11.2 Å². The molecule has 3 N–H and O–H groups in total. The molecule has 1 amide bonds. The summed E-state index contributed by atoms with van der Waals surface area (Å²) in [6.45, 7) is 3.94. The lowest BCUT2D eigenvalue weighted by Gasteiger charge is -2.01. The van der Waals surface area contributed by atoms with Gasteiger partial charge in [-0.25, -0.2) is 14.8 Å². The molecule has 7 nitrogen and oxygen atoms in total. The highest BCUT2D eigenvalue weighted by Gasteiger charge is 2.15. The van der Waals surface area contributed by atoms with Crippen molar-refractivity contribution in [3.63, 3.8) is 0 Å². The van der Waals surface area contributed by atoms with Gasteiger partial charge in [0, 0.05) is 5.92 Å². The molecule has 0 spiro atoms. The van der Waals surface area contributed by atoms with Gasteiger partial charge in [0.15, 0.2) is 0 Å². The van der Waals surface area contributed by atoms with Gasteiger partial charge in [-0.05, 0) is 30.2 Å². The summed E-state index contributed by atoms with van der Waals surface area (Å²) in [5.41, 5.74) is 1.55. The fraction of sp³-hybridized carbons (Fsp3) is 0.158. The number of carboxylic acids is 1. The van der Waals surface area contributed by atoms with Crippen molar-refractivity contribution in [1.82, 2.24) is 15.0 Å². The predicted molar refractivity (Wildman–Crippen MR) is 97.0 cm³/mol. The topological polar surface area (TPSA) is 108 Å². The number of carbonyl (C=O) groups excluding carboxylic acids is 1. The molecule has 0 radical (unpaired) electrons. The van der Waals surface area contributed by atoms with Gasteiger partial charge in [-0.2, -0.15) is 0 Å². The number of aromatic amines is 1. The zero-order valence-corrected chi connectivity index (χ0v) is 14.2. The molecular weight excluding hydrogens is 332 g/mol. The van der Waals surface area contributed by atoms with E-state index >= 15 is 0 Å². The average molecular weight is 348 g/mol. The summed E-state index contributed by atoms with van der Waals surface area (Å²) in [5, 5.41) is 11.8. The highest BCUT2D eigenvalue weighted by atomic mass is 16.4. The molecule has 2 aromatic heterocycles. The van der Waals surface area contributed by atoms with Crippen LogP contribution < -0.4 is 5.32 Å². The van der Waals surface area contributed by atoms with E-state index in [2.05, 4.69) is 32.1 Å². The van der Waals surface area contributed by atoms with E-state index in [0.717, 1.165) is 0 Å². The van der Waals surface area contributed by atoms with Gasteiger partial charge in [-0.3, -0.25) is 10.1 Å². The van der Waals surface area contributed by atoms with E-state index in [1.807, 2.05) is 13.8 Å². The van der Waals surface area contributed by atoms with Crippen LogP contribution >= 0.6 is 0 Å². The number of H-pyrrole nitrogens is 1. The standard InChI is InChI=1S/C19H16N4O3/c1-11(2)9-10-12-5-3-8-15(20-12)17(24)23-19-21-14-7-4-6-13(18(25)26)16(14)22-19/h3-8,11H,1-2H3,(H,25,26)(H2,21,22,23,24). The van der Waals surface area contributed by atoms with Crippen molar-refractivity contribution >= 4 is 28.9 Å². The Morgan fingerprint density at radius 1 is 1.15 bits per heavy atom. The molecule has 7 heteroatoms. The van der Waals surface area contributed by atoms with Crippen LogP contribution in [0.4, 0.5) is 5.95 Å². The van der Waals surface area contributed by atoms with Gasteiger partial charge in [0.1, 0.15) is 16.9 Å². The van der Waals surface area contributed by atoms with Gasteiger partial charge >= 0.3 is 5.97 Å². The number of fused-ring (bicyclic) bond motifs is 1. The van der Waals surface area contributed by atoms with Crippen molar-refractivity contribution in [3.05, 3.63) is 53.3 Å². The number of aromatic carboxylic acids is 1. The molecule has 0 bridgehead atoms. The Bertz CT molecular complexity index is 1060. The quantitative estimate of drug-likeness (QED) is 0.631. The van der Waals surface area contributed by atoms with Crippen LogP contribution in [0, 0.1) is 17.8 Å². The molecule has 0 aliphatic heterocycles. The molecule has 0 unspecified atom stereocenters. The number of imidazole rings is 1. The average Bonchev–Trinajstić information content (AvgIpc) is 3.02. The Kier molecular flexibility index (Phi) is 4.67. The van der Waals surface area contributed by atoms with Gasteiger partial charge in [-0.1, -0.05) is 31.9 Å². The second kappa shape index (κ2) is 7.07. The molecule has 130 valence electrons. The summed E-state index contributed by atoms with van der Waals surface area (Å²) in [6.07, 6.45) is 0. The smallest absolute Gasteiger partial charge is 0.337 e. The van der Waals surface area contributed by atoms with Crippen LogP contribution in [0.15, 0.2) is 36.4 Å². The number of carbonyl (C=O) groups is 2. The van der Waals surface area contributed by atoms with Crippen LogP contribution in [0.3, 0.4) is 0 Å². The van der Waals surface area contributed by atoms with E-state index < -0.39 is 11.9 Å². The normalized spacial score (nSPS) is 10.4. The fourth-order valence-electron chi connectivity index (χ4n) is 2.28. The number of nitrogens with zero attached hydrogens (tertiary/aromatic N) is 2. The molecule has 0 fully saturated rings. The number of anilines is 1. The van der Waals surface area contributed by atoms with Gasteiger partial charge in [0.05, 0.1) is 11.1 Å². The van der Waals surface area contributed by atoms with Gasteiger partial charge in [0.25, 0.3) is 5.91 Å². The number of hydrogen-bond donors (Lipinski definition) is 3. The molecule has 0 aliphatic rings. The van der Waals surface area contributed by atoms with Crippen LogP contribution in [-0.2, 0) is 0 Å². The van der Waals surface area contributed by atoms with Crippen LogP contribution in [0.1, 0.15) is 40.4 Å². The van der Waals surface area contributed by atoms with Crippen molar-refractivity contribution in [2.24, 2.45) is 5.92 Å². The van der Waals surface area contributed by atoms with Gasteiger partial charge < -0.3 is 10.1 Å². The minimum Gasteiger partial charge on any atom is -0.478 e. The second-order valence-electron chi connectivity index (χ2n) is 5.88. The summed E-state index contributed by atoms with van der Waals surface area (Å²) in [5.74, 6) is 4.71. The first-order valence-corrected chi connectivity index (χ1v) is 7.96. The Morgan fingerprint density at radius 3 is 2.65 bits per heavy atom. The lowest BCUT2D eigenvalue weighted by Crippen LogP contribution is -2.15. The SMILES string of the molecule is CC(C)C#Cc1cccc(C(=O)Nc2nc3c(C(=O)O)cccc3[nH]2)n1. The first-order chi connectivity index (χ1) is 12.4. The van der Waals surface area contributed by atoms with Gasteiger partial charge in [0.2, 0.25) is 5.95 Å². The third kappa shape index (κ3) is 3.70. The number of rotatable bonds is 3. The summed E-state index contributed by atoms with van der Waals surface area (Å²) in [6, 6.07) is 9.75. The predicted octanol–water partition coefficient (Wildman–Crippen LogP) is 2.92. The molecule has 0 saturated carbocycles. The van der Waals surface area contributed by atoms with Crippen LogP contribution in [0.5, 0.6) is 0 Å². The summed E-state index contributed by atoms with van der Waals surface area (Å²) < 4.78 is 0. The number of nitrogens with one attached hydrogen (secondary N) is 2. The van der Waals surface area contributed by atoms with E-state index in [4.69, 9.17) is 0 Å². The van der Waals surface area contributed by atoms with Gasteiger partial charge in [-0.15, -0.1) is 0 Å². The van der Waals surface area contributed by atoms with E-state index in [1.165, 1.54) is 6.07 Å². The highest BCUT2D eigenvalue weighted by Crippen LogP contribution is 2.19. The maximum Gasteiger partial charge on any atom is 0.337 e. The fourth-order valence-corrected chi connectivity index (χ4v) is 2.28. The Balaban J connectivity index is 1.86. The molecule has 26 heavy (non-hydrogen) atoms. The monoisotopic (exact) mass is 348 g/mol. The number of para-hydroxylation sites is 1. The largest absolute Gasteiger partial charge is 0.478 e. The molecule has 0 aliphatic carbocycles. The first-order valence-electron chi connectivity index (χ1n) is 7.96. The van der Waals surface area contributed by atoms with Crippen molar-refractivity contribution < 1.29 is 14.7 Å². The molecule has 3 aromatic rings. The first kappa shape index (κ1) is 17.2. The molecule has 1 aromatic carbocycles. The number of pyridine rings is 1. The third-order valence-electron chi connectivity index (χ3n) is 3.45. The number of carboxylic acid groups (broad SMARTS) is 1. The lowest BCUT2D eigenvalue weighted by molar-refractivity contribution is 0.0698. The second-order valence-corrected chi connectivity index (χ2v) is 5.88. The van der Waals surface area contributed by atoms with Crippen molar-refractivity contribution in [1.29, 1.82) is 0 Å². The zero-order valence-electron chi connectivity index (χ0n) is 14.2. The molecule has 2 heterocycles. The van der Waals surface area contributed by atoms with Crippen LogP contribution in [0.2, 0.25) is 0 Å². The number of hydrogen-bond acceptors (Lipinski definition) is 4. The number of aromatic nitrogens is 3. The van der Waals surface area contributed by atoms with E-state index in [-0.39, 0.29) is 28.6 Å². The van der Waals surface area contributed by atoms with Crippen LogP contribution in [0.25, 0.3) is 11.0 Å². The Labute approximate surface area is 149 Å². The van der Waals surface area contributed by atoms with Crippen molar-refractivity contribution in [2.45, 2.75) is 13.8 Å². The third-order valence-corrected chi connectivity index (χ3v) is 3.45. The van der Waals surface area contributed by atoms with Crippen LogP contribution in [-0.4, -0.2) is 31.9 Å². The Morgan fingerprint density at radius 2 is 1.92 bits per heavy atom. The lowest BCUT2D eigenvalue weighted by atomic mass is 10.2. The maximum atomic E-state index is 12.4. The van der Waals surface area contributed by atoms with E-state index in [1.54, 1.807) is 30.3 Å². The maximum absolute atomic E-state index is 12.4. The zero-order chi connectivity index (χ0) is 18.7. The summed E-state index contributed by atoms with van der Waals surface area (Å²) in [4.78, 5) is 34.9. The summed E-state index contributed by atoms with van der Waals surface area (Å²) >= 11 is 0. The molecule has 3 rings (SSSR count). The number of amides is 1. The minimum atomic E-state index is -1.09. The Hall–Kier alpha value is -3.66. The summed E-state index contributed by atoms with van der Waals surface area (Å²) in [7, 11) is 0. The highest BCUT2D eigenvalue weighted by molar-refractivity contribution is 6.04. The molecular formula is C19H16N4O3. The number of benzene rings is 1. The molecule has 0 atom stereocenters. The van der Waals surface area contributed by atoms with E-state index in [9.17, 15) is 14.7 Å². The van der Waals surface area contributed by atoms with Crippen molar-refractivity contribution in [2.75, 3.05) is 5.32 Å². The van der Waals surface area contributed by atoms with Crippen molar-refractivity contribution in [3.8, 4) is 11.8 Å².